The SMILES string of the molecule is Cc1cc(C)c(C)c(S(=O)(=O)NCCC(=O)N2Cc3cnc(N)nc3C2)c1C. The minimum atomic E-state index is -3.70. The Morgan fingerprint density at radius 2 is 1.82 bits per heavy atom. The summed E-state index contributed by atoms with van der Waals surface area (Å²) < 4.78 is 28.2. The molecule has 0 saturated heterocycles. The molecule has 1 amide bonds. The van der Waals surface area contributed by atoms with Gasteiger partial charge in [0, 0.05) is 31.3 Å². The molecule has 28 heavy (non-hydrogen) atoms. The Kier molecular flexibility index (Phi) is 5.40. The summed E-state index contributed by atoms with van der Waals surface area (Å²) in [5.74, 6) is 0.0353. The molecule has 2 heterocycles. The molecule has 0 fully saturated rings. The number of aromatic nitrogens is 2. The van der Waals surface area contributed by atoms with E-state index in [1.807, 2.05) is 19.9 Å². The fourth-order valence-electron chi connectivity index (χ4n) is 3.45. The van der Waals surface area contributed by atoms with Gasteiger partial charge < -0.3 is 10.6 Å². The number of nitrogens with zero attached hydrogens (tertiary/aromatic N) is 3. The first-order valence-electron chi connectivity index (χ1n) is 9.05. The van der Waals surface area contributed by atoms with Crippen molar-refractivity contribution in [2.45, 2.75) is 52.1 Å². The van der Waals surface area contributed by atoms with Gasteiger partial charge in [-0.05, 0) is 49.9 Å². The van der Waals surface area contributed by atoms with E-state index in [2.05, 4.69) is 14.7 Å². The van der Waals surface area contributed by atoms with Gasteiger partial charge in [-0.15, -0.1) is 0 Å². The predicted octanol–water partition coefficient (Wildman–Crippen LogP) is 1.50. The number of sulfonamides is 1. The molecule has 1 aliphatic rings. The third kappa shape index (κ3) is 3.85. The summed E-state index contributed by atoms with van der Waals surface area (Å²) in [6.45, 7) is 8.20. The summed E-state index contributed by atoms with van der Waals surface area (Å²) in [6.07, 6.45) is 1.69. The number of amides is 1. The molecule has 1 aliphatic heterocycles. The molecule has 150 valence electrons. The predicted molar refractivity (Wildman–Crippen MR) is 106 cm³/mol. The molecule has 3 rings (SSSR count). The molecule has 9 heteroatoms. The number of anilines is 1. The van der Waals surface area contributed by atoms with Crippen molar-refractivity contribution < 1.29 is 13.2 Å². The van der Waals surface area contributed by atoms with Crippen LogP contribution in [-0.2, 0) is 27.9 Å². The first-order valence-corrected chi connectivity index (χ1v) is 10.5. The summed E-state index contributed by atoms with van der Waals surface area (Å²) in [4.78, 5) is 22.5. The maximum absolute atomic E-state index is 12.8. The van der Waals surface area contributed by atoms with Crippen molar-refractivity contribution in [1.29, 1.82) is 0 Å². The van der Waals surface area contributed by atoms with Crippen molar-refractivity contribution in [2.75, 3.05) is 12.3 Å². The quantitative estimate of drug-likeness (QED) is 0.781. The van der Waals surface area contributed by atoms with E-state index < -0.39 is 10.0 Å². The first-order chi connectivity index (χ1) is 13.1. The highest BCUT2D eigenvalue weighted by Gasteiger charge is 2.26. The van der Waals surface area contributed by atoms with Crippen LogP contribution < -0.4 is 10.5 Å². The fraction of sp³-hybridized carbons (Fsp3) is 0.421. The first kappa shape index (κ1) is 20.2. The molecule has 1 aromatic heterocycles. The summed E-state index contributed by atoms with van der Waals surface area (Å²) in [5, 5.41) is 0. The molecule has 0 unspecified atom stereocenters. The van der Waals surface area contributed by atoms with Gasteiger partial charge in [0.1, 0.15) is 0 Å². The van der Waals surface area contributed by atoms with Gasteiger partial charge >= 0.3 is 0 Å². The Labute approximate surface area is 165 Å². The normalized spacial score (nSPS) is 13.6. The lowest BCUT2D eigenvalue weighted by atomic mass is 10.0. The second kappa shape index (κ2) is 7.48. The van der Waals surface area contributed by atoms with Crippen LogP contribution in [0, 0.1) is 27.7 Å². The molecule has 0 aliphatic carbocycles. The number of fused-ring (bicyclic) bond motifs is 1. The van der Waals surface area contributed by atoms with Crippen LogP contribution in [0.2, 0.25) is 0 Å². The Balaban J connectivity index is 1.65. The van der Waals surface area contributed by atoms with Crippen LogP contribution in [0.4, 0.5) is 5.95 Å². The lowest BCUT2D eigenvalue weighted by molar-refractivity contribution is -0.131. The van der Waals surface area contributed by atoms with Crippen molar-refractivity contribution in [3.05, 3.63) is 45.8 Å². The van der Waals surface area contributed by atoms with Crippen LogP contribution in [0.3, 0.4) is 0 Å². The number of hydrogen-bond donors (Lipinski definition) is 2. The number of benzene rings is 1. The molecule has 0 radical (unpaired) electrons. The Bertz CT molecular complexity index is 1020. The summed E-state index contributed by atoms with van der Waals surface area (Å²) in [7, 11) is -3.70. The number of hydrogen-bond acceptors (Lipinski definition) is 6. The Hall–Kier alpha value is -2.52. The molecule has 0 spiro atoms. The number of carbonyl (C=O) groups excluding carboxylic acids is 1. The van der Waals surface area contributed by atoms with E-state index in [0.29, 0.717) is 18.0 Å². The van der Waals surface area contributed by atoms with E-state index in [4.69, 9.17) is 5.73 Å². The Morgan fingerprint density at radius 1 is 1.18 bits per heavy atom. The number of rotatable bonds is 5. The van der Waals surface area contributed by atoms with Crippen LogP contribution >= 0.6 is 0 Å². The third-order valence-corrected chi connectivity index (χ3v) is 6.96. The zero-order valence-electron chi connectivity index (χ0n) is 16.5. The molecule has 2 aromatic rings. The highest BCUT2D eigenvalue weighted by molar-refractivity contribution is 7.89. The Morgan fingerprint density at radius 3 is 2.46 bits per heavy atom. The van der Waals surface area contributed by atoms with Gasteiger partial charge in [-0.2, -0.15) is 0 Å². The van der Waals surface area contributed by atoms with Crippen LogP contribution in [0.25, 0.3) is 0 Å². The van der Waals surface area contributed by atoms with Crippen molar-refractivity contribution in [2.24, 2.45) is 0 Å². The number of carbonyl (C=O) groups is 1. The van der Waals surface area contributed by atoms with E-state index in [0.717, 1.165) is 33.5 Å². The van der Waals surface area contributed by atoms with Crippen LogP contribution in [0.1, 0.15) is 39.9 Å². The second-order valence-electron chi connectivity index (χ2n) is 7.19. The summed E-state index contributed by atoms with van der Waals surface area (Å²) in [6, 6.07) is 1.98. The molecule has 8 nitrogen and oxygen atoms in total. The molecular formula is C19H25N5O3S. The van der Waals surface area contributed by atoms with E-state index in [9.17, 15) is 13.2 Å². The lowest BCUT2D eigenvalue weighted by Gasteiger charge is -2.17. The van der Waals surface area contributed by atoms with Crippen LogP contribution in [0.15, 0.2) is 17.2 Å². The topological polar surface area (TPSA) is 118 Å². The van der Waals surface area contributed by atoms with Gasteiger partial charge in [0.15, 0.2) is 0 Å². The molecule has 0 saturated carbocycles. The number of nitrogen functional groups attached to an aromatic ring is 1. The number of aryl methyl sites for hydroxylation is 2. The average molecular weight is 404 g/mol. The van der Waals surface area contributed by atoms with Gasteiger partial charge in [0.2, 0.25) is 21.9 Å². The lowest BCUT2D eigenvalue weighted by Crippen LogP contribution is -2.32. The maximum atomic E-state index is 12.8. The van der Waals surface area contributed by atoms with Crippen molar-refractivity contribution >= 4 is 21.9 Å². The minimum absolute atomic E-state index is 0.0354. The van der Waals surface area contributed by atoms with E-state index >= 15 is 0 Å². The number of nitrogens with two attached hydrogens (primary N) is 1. The highest BCUT2D eigenvalue weighted by Crippen LogP contribution is 2.26. The molecule has 1 aromatic carbocycles. The van der Waals surface area contributed by atoms with E-state index in [-0.39, 0.29) is 24.8 Å². The van der Waals surface area contributed by atoms with Gasteiger partial charge in [0.25, 0.3) is 0 Å². The largest absolute Gasteiger partial charge is 0.368 e. The zero-order valence-corrected chi connectivity index (χ0v) is 17.4. The van der Waals surface area contributed by atoms with E-state index in [1.165, 1.54) is 0 Å². The van der Waals surface area contributed by atoms with Gasteiger partial charge in [-0.25, -0.2) is 23.1 Å². The van der Waals surface area contributed by atoms with Crippen LogP contribution in [0.5, 0.6) is 0 Å². The van der Waals surface area contributed by atoms with E-state index in [1.54, 1.807) is 24.9 Å². The van der Waals surface area contributed by atoms with Crippen LogP contribution in [-0.4, -0.2) is 35.7 Å². The monoisotopic (exact) mass is 403 g/mol. The van der Waals surface area contributed by atoms with Crippen molar-refractivity contribution in [1.82, 2.24) is 19.6 Å². The maximum Gasteiger partial charge on any atom is 0.241 e. The summed E-state index contributed by atoms with van der Waals surface area (Å²) >= 11 is 0. The molecule has 0 bridgehead atoms. The summed E-state index contributed by atoms with van der Waals surface area (Å²) in [5.41, 5.74) is 10.5. The number of nitrogens with one attached hydrogen (secondary N) is 1. The zero-order chi connectivity index (χ0) is 20.6. The minimum Gasteiger partial charge on any atom is -0.368 e. The van der Waals surface area contributed by atoms with Gasteiger partial charge in [-0.1, -0.05) is 6.07 Å². The molecule has 3 N–H and O–H groups in total. The molecular weight excluding hydrogens is 378 g/mol. The standard InChI is InChI=1S/C19H25N5O3S/c1-11-7-12(2)14(4)18(13(11)3)28(26,27)22-6-5-17(25)24-9-15-8-21-19(20)23-16(15)10-24/h7-8,22H,5-6,9-10H2,1-4H3,(H2,20,21,23). The highest BCUT2D eigenvalue weighted by atomic mass is 32.2. The fourth-order valence-corrected chi connectivity index (χ4v) is 5.09. The molecule has 0 atom stereocenters. The van der Waals surface area contributed by atoms with Crippen molar-refractivity contribution in [3.8, 4) is 0 Å². The third-order valence-electron chi connectivity index (χ3n) is 5.22. The average Bonchev–Trinajstić information content (AvgIpc) is 3.03. The second-order valence-corrected chi connectivity index (χ2v) is 8.89. The van der Waals surface area contributed by atoms with Gasteiger partial charge in [-0.3, -0.25) is 4.79 Å². The van der Waals surface area contributed by atoms with Crippen molar-refractivity contribution in [3.63, 3.8) is 0 Å². The smallest absolute Gasteiger partial charge is 0.241 e. The van der Waals surface area contributed by atoms with Gasteiger partial charge in [0.05, 0.1) is 17.1 Å².